The van der Waals surface area contributed by atoms with E-state index in [0.717, 1.165) is 16.7 Å². The monoisotopic (exact) mass is 325 g/mol. The number of hydrogen-bond donors (Lipinski definition) is 1. The van der Waals surface area contributed by atoms with E-state index in [-0.39, 0.29) is 0 Å². The molecule has 0 aromatic heterocycles. The lowest BCUT2D eigenvalue weighted by atomic mass is 10.0. The SMILES string of the molecule is O=C1NC(c2cccc(C#Cc3ccccc3)c2)C(C(=O)Cl)O1. The van der Waals surface area contributed by atoms with E-state index in [2.05, 4.69) is 17.2 Å². The highest BCUT2D eigenvalue weighted by Gasteiger charge is 2.39. The van der Waals surface area contributed by atoms with E-state index >= 15 is 0 Å². The standard InChI is InChI=1S/C18H12ClNO3/c19-17(21)16-15(20-18(22)23-16)14-8-4-7-13(11-14)10-9-12-5-2-1-3-6-12/h1-8,11,15-16H,(H,20,22). The Balaban J connectivity index is 1.87. The third-order valence-corrected chi connectivity index (χ3v) is 3.62. The van der Waals surface area contributed by atoms with E-state index in [4.69, 9.17) is 16.3 Å². The quantitative estimate of drug-likeness (QED) is 0.682. The number of nitrogens with one attached hydrogen (secondary N) is 1. The van der Waals surface area contributed by atoms with E-state index in [0.29, 0.717) is 0 Å². The van der Waals surface area contributed by atoms with E-state index in [1.54, 1.807) is 6.07 Å². The third-order valence-electron chi connectivity index (χ3n) is 3.40. The molecule has 0 spiro atoms. The lowest BCUT2D eigenvalue weighted by Gasteiger charge is -2.13. The minimum atomic E-state index is -1.03. The summed E-state index contributed by atoms with van der Waals surface area (Å²) in [4.78, 5) is 22.8. The molecule has 1 heterocycles. The van der Waals surface area contributed by atoms with Crippen molar-refractivity contribution in [2.45, 2.75) is 12.1 Å². The van der Waals surface area contributed by atoms with Gasteiger partial charge in [-0.3, -0.25) is 4.79 Å². The minimum absolute atomic E-state index is 0.606. The Bertz CT molecular complexity index is 808. The summed E-state index contributed by atoms with van der Waals surface area (Å²) in [7, 11) is 0. The second-order valence-corrected chi connectivity index (χ2v) is 5.37. The molecule has 3 rings (SSSR count). The van der Waals surface area contributed by atoms with Crippen LogP contribution in [0.3, 0.4) is 0 Å². The number of cyclic esters (lactones) is 1. The number of alkyl carbamates (subject to hydrolysis) is 1. The normalized spacial score (nSPS) is 19.3. The molecule has 1 fully saturated rings. The second-order valence-electron chi connectivity index (χ2n) is 4.99. The molecule has 2 atom stereocenters. The van der Waals surface area contributed by atoms with Gasteiger partial charge < -0.3 is 10.1 Å². The summed E-state index contributed by atoms with van der Waals surface area (Å²) in [5, 5.41) is 1.87. The van der Waals surface area contributed by atoms with Crippen LogP contribution in [0.15, 0.2) is 54.6 Å². The molecule has 0 radical (unpaired) electrons. The largest absolute Gasteiger partial charge is 0.434 e. The zero-order chi connectivity index (χ0) is 16.2. The fourth-order valence-corrected chi connectivity index (χ4v) is 2.50. The van der Waals surface area contributed by atoms with Gasteiger partial charge in [-0.2, -0.15) is 0 Å². The molecule has 1 amide bonds. The average molecular weight is 326 g/mol. The van der Waals surface area contributed by atoms with Crippen molar-refractivity contribution in [2.24, 2.45) is 0 Å². The van der Waals surface area contributed by atoms with Crippen molar-refractivity contribution in [3.8, 4) is 11.8 Å². The number of ether oxygens (including phenoxy) is 1. The molecule has 1 aliphatic rings. The van der Waals surface area contributed by atoms with Gasteiger partial charge in [0.05, 0.1) is 0 Å². The van der Waals surface area contributed by atoms with Crippen LogP contribution in [0, 0.1) is 11.8 Å². The molecule has 0 aliphatic carbocycles. The van der Waals surface area contributed by atoms with Gasteiger partial charge in [0.25, 0.3) is 5.24 Å². The number of rotatable bonds is 2. The molecular weight excluding hydrogens is 314 g/mol. The van der Waals surface area contributed by atoms with Gasteiger partial charge in [-0.25, -0.2) is 4.79 Å². The summed E-state index contributed by atoms with van der Waals surface area (Å²) in [6, 6.07) is 16.3. The van der Waals surface area contributed by atoms with Gasteiger partial charge in [-0.15, -0.1) is 0 Å². The first kappa shape index (κ1) is 15.1. The van der Waals surface area contributed by atoms with Gasteiger partial charge in [0.1, 0.15) is 6.04 Å². The Labute approximate surface area is 138 Å². The summed E-state index contributed by atoms with van der Waals surface area (Å²) < 4.78 is 4.89. The molecule has 2 aromatic carbocycles. The average Bonchev–Trinajstić information content (AvgIpc) is 2.96. The predicted octanol–water partition coefficient (Wildman–Crippen LogP) is 3.00. The zero-order valence-corrected chi connectivity index (χ0v) is 12.7. The highest BCUT2D eigenvalue weighted by molar-refractivity contribution is 6.64. The van der Waals surface area contributed by atoms with Gasteiger partial charge in [0.15, 0.2) is 0 Å². The molecular formula is C18H12ClNO3. The third kappa shape index (κ3) is 3.53. The Morgan fingerprint density at radius 3 is 2.48 bits per heavy atom. The topological polar surface area (TPSA) is 55.4 Å². The number of hydrogen-bond acceptors (Lipinski definition) is 3. The van der Waals surface area contributed by atoms with Gasteiger partial charge >= 0.3 is 6.09 Å². The predicted molar refractivity (Wildman–Crippen MR) is 85.9 cm³/mol. The Kier molecular flexibility index (Phi) is 4.31. The van der Waals surface area contributed by atoms with E-state index in [1.165, 1.54) is 0 Å². The lowest BCUT2D eigenvalue weighted by Crippen LogP contribution is -2.26. The molecule has 1 aliphatic heterocycles. The van der Waals surface area contributed by atoms with Crippen molar-refractivity contribution in [2.75, 3.05) is 0 Å². The van der Waals surface area contributed by atoms with Crippen LogP contribution in [0.1, 0.15) is 22.7 Å². The van der Waals surface area contributed by atoms with Crippen molar-refractivity contribution < 1.29 is 14.3 Å². The molecule has 0 bridgehead atoms. The smallest absolute Gasteiger partial charge is 0.408 e. The van der Waals surface area contributed by atoms with Crippen molar-refractivity contribution in [1.82, 2.24) is 5.32 Å². The van der Waals surface area contributed by atoms with E-state index in [9.17, 15) is 9.59 Å². The van der Waals surface area contributed by atoms with Gasteiger partial charge in [0, 0.05) is 11.1 Å². The number of halogens is 1. The van der Waals surface area contributed by atoms with Crippen molar-refractivity contribution >= 4 is 22.9 Å². The van der Waals surface area contributed by atoms with Crippen molar-refractivity contribution in [3.63, 3.8) is 0 Å². The molecule has 114 valence electrons. The van der Waals surface area contributed by atoms with Crippen LogP contribution >= 0.6 is 11.6 Å². The summed E-state index contributed by atoms with van der Waals surface area (Å²) in [6.07, 6.45) is -1.68. The van der Waals surface area contributed by atoms with Crippen LogP contribution < -0.4 is 5.32 Å². The minimum Gasteiger partial charge on any atom is -0.434 e. The first-order valence-corrected chi connectivity index (χ1v) is 7.35. The van der Waals surface area contributed by atoms with Crippen molar-refractivity contribution in [1.29, 1.82) is 0 Å². The molecule has 4 nitrogen and oxygen atoms in total. The zero-order valence-electron chi connectivity index (χ0n) is 12.0. The number of carbonyl (C=O) groups excluding carboxylic acids is 2. The number of amides is 1. The fourth-order valence-electron chi connectivity index (χ4n) is 2.33. The van der Waals surface area contributed by atoms with E-state index < -0.39 is 23.5 Å². The summed E-state index contributed by atoms with van der Waals surface area (Å²) in [5.74, 6) is 6.12. The Morgan fingerprint density at radius 2 is 1.74 bits per heavy atom. The molecule has 1 N–H and O–H groups in total. The Hall–Kier alpha value is -2.77. The molecule has 0 saturated carbocycles. The van der Waals surface area contributed by atoms with Crippen LogP contribution in [-0.4, -0.2) is 17.4 Å². The molecule has 5 heteroatoms. The molecule has 23 heavy (non-hydrogen) atoms. The number of benzene rings is 2. The number of carbonyl (C=O) groups is 2. The summed E-state index contributed by atoms with van der Waals surface area (Å²) in [5.41, 5.74) is 2.40. The van der Waals surface area contributed by atoms with E-state index in [1.807, 2.05) is 48.5 Å². The van der Waals surface area contributed by atoms with Gasteiger partial charge in [-0.05, 0) is 41.4 Å². The van der Waals surface area contributed by atoms with Gasteiger partial charge in [-0.1, -0.05) is 42.2 Å². The first-order chi connectivity index (χ1) is 11.1. The summed E-state index contributed by atoms with van der Waals surface area (Å²) in [6.45, 7) is 0. The molecule has 1 saturated heterocycles. The second kappa shape index (κ2) is 6.55. The molecule has 2 aromatic rings. The van der Waals surface area contributed by atoms with Crippen LogP contribution in [0.4, 0.5) is 4.79 Å². The summed E-state index contributed by atoms with van der Waals surface area (Å²) >= 11 is 5.49. The maximum absolute atomic E-state index is 11.4. The maximum atomic E-state index is 11.4. The highest BCUT2D eigenvalue weighted by atomic mass is 35.5. The van der Waals surface area contributed by atoms with Gasteiger partial charge in [0.2, 0.25) is 6.10 Å². The maximum Gasteiger partial charge on any atom is 0.408 e. The van der Waals surface area contributed by atoms with Crippen molar-refractivity contribution in [3.05, 3.63) is 71.3 Å². The fraction of sp³-hybridized carbons (Fsp3) is 0.111. The Morgan fingerprint density at radius 1 is 1.04 bits per heavy atom. The van der Waals surface area contributed by atoms with Crippen LogP contribution in [0.25, 0.3) is 0 Å². The highest BCUT2D eigenvalue weighted by Crippen LogP contribution is 2.26. The molecule has 2 unspecified atom stereocenters. The van der Waals surface area contributed by atoms with Crippen LogP contribution in [0.5, 0.6) is 0 Å². The first-order valence-electron chi connectivity index (χ1n) is 6.97. The van der Waals surface area contributed by atoms with Crippen LogP contribution in [-0.2, 0) is 9.53 Å². The van der Waals surface area contributed by atoms with Crippen LogP contribution in [0.2, 0.25) is 0 Å². The lowest BCUT2D eigenvalue weighted by molar-refractivity contribution is -0.118.